The molecule has 146 valence electrons. The third kappa shape index (κ3) is 3.28. The lowest BCUT2D eigenvalue weighted by molar-refractivity contribution is 0.0879. The highest BCUT2D eigenvalue weighted by molar-refractivity contribution is 5.81. The van der Waals surface area contributed by atoms with E-state index in [9.17, 15) is 9.18 Å². The molecule has 4 rings (SSSR count). The summed E-state index contributed by atoms with van der Waals surface area (Å²) >= 11 is 0. The van der Waals surface area contributed by atoms with E-state index >= 15 is 0 Å². The van der Waals surface area contributed by atoms with Gasteiger partial charge in [0.05, 0.1) is 13.3 Å². The molecule has 10 heteroatoms. The lowest BCUT2D eigenvalue weighted by atomic mass is 10.1. The van der Waals surface area contributed by atoms with Crippen molar-refractivity contribution in [1.82, 2.24) is 24.6 Å². The van der Waals surface area contributed by atoms with E-state index in [1.165, 1.54) is 35.3 Å². The first-order chi connectivity index (χ1) is 13.6. The monoisotopic (exact) mass is 387 g/mol. The fourth-order valence-corrected chi connectivity index (χ4v) is 3.20. The van der Waals surface area contributed by atoms with E-state index in [0.29, 0.717) is 48.6 Å². The van der Waals surface area contributed by atoms with Gasteiger partial charge in [0, 0.05) is 32.0 Å². The van der Waals surface area contributed by atoms with Gasteiger partial charge in [-0.1, -0.05) is 0 Å². The van der Waals surface area contributed by atoms with Gasteiger partial charge in [0.15, 0.2) is 11.5 Å². The van der Waals surface area contributed by atoms with Crippen molar-refractivity contribution in [2.24, 2.45) is 0 Å². The van der Waals surface area contributed by atoms with Gasteiger partial charge in [-0.2, -0.15) is 5.10 Å². The molecule has 1 aliphatic heterocycles. The van der Waals surface area contributed by atoms with Crippen LogP contribution in [0.15, 0.2) is 30.7 Å². The Morgan fingerprint density at radius 3 is 2.75 bits per heavy atom. The van der Waals surface area contributed by atoms with E-state index in [1.54, 1.807) is 12.1 Å². The summed E-state index contributed by atoms with van der Waals surface area (Å²) in [5.41, 5.74) is 0.646. The maximum atomic E-state index is 14.4. The topological polar surface area (TPSA) is 103 Å². The van der Waals surface area contributed by atoms with Crippen molar-refractivity contribution in [3.05, 3.63) is 36.5 Å². The van der Waals surface area contributed by atoms with Gasteiger partial charge in [-0.25, -0.2) is 23.8 Å². The Bertz CT molecular complexity index is 1020. The number of methoxy groups -OCH3 is 1. The zero-order valence-electron chi connectivity index (χ0n) is 15.1. The zero-order chi connectivity index (χ0) is 19.7. The van der Waals surface area contributed by atoms with Gasteiger partial charge in [0.25, 0.3) is 0 Å². The van der Waals surface area contributed by atoms with Gasteiger partial charge in [0.2, 0.25) is 5.88 Å². The quantitative estimate of drug-likeness (QED) is 0.734. The number of benzene rings is 1. The van der Waals surface area contributed by atoms with E-state index in [-0.39, 0.29) is 11.8 Å². The molecular formula is C18H18FN5O4. The molecule has 1 amide bonds. The number of carbonyl (C=O) groups is 1. The van der Waals surface area contributed by atoms with E-state index in [2.05, 4.69) is 15.1 Å². The maximum absolute atomic E-state index is 14.4. The number of rotatable bonds is 4. The number of piperidine rings is 1. The number of likely N-dealkylation sites (tertiary alicyclic amines) is 1. The Morgan fingerprint density at radius 2 is 2.07 bits per heavy atom. The second kappa shape index (κ2) is 7.29. The van der Waals surface area contributed by atoms with Crippen molar-refractivity contribution >= 4 is 17.1 Å². The highest BCUT2D eigenvalue weighted by Gasteiger charge is 2.25. The molecule has 2 aromatic heterocycles. The van der Waals surface area contributed by atoms with Crippen LogP contribution in [0.2, 0.25) is 0 Å². The Labute approximate surface area is 159 Å². The molecule has 3 heterocycles. The molecule has 3 aromatic rings. The zero-order valence-corrected chi connectivity index (χ0v) is 15.1. The minimum atomic E-state index is -0.925. The summed E-state index contributed by atoms with van der Waals surface area (Å²) in [5, 5.41) is 13.8. The summed E-state index contributed by atoms with van der Waals surface area (Å²) in [6.07, 6.45) is 2.92. The lowest BCUT2D eigenvalue weighted by Gasteiger charge is -2.29. The summed E-state index contributed by atoms with van der Waals surface area (Å²) < 4.78 is 26.8. The van der Waals surface area contributed by atoms with Crippen LogP contribution in [-0.2, 0) is 0 Å². The highest BCUT2D eigenvalue weighted by Crippen LogP contribution is 2.27. The van der Waals surface area contributed by atoms with Gasteiger partial charge in [0.1, 0.15) is 29.3 Å². The minimum Gasteiger partial charge on any atom is -0.497 e. The molecule has 0 atom stereocenters. The van der Waals surface area contributed by atoms with Crippen LogP contribution in [0.3, 0.4) is 0 Å². The number of carboxylic acid groups (broad SMARTS) is 1. The van der Waals surface area contributed by atoms with Crippen molar-refractivity contribution in [3.63, 3.8) is 0 Å². The molecule has 0 radical (unpaired) electrons. The van der Waals surface area contributed by atoms with Crippen LogP contribution < -0.4 is 9.47 Å². The Balaban J connectivity index is 1.60. The van der Waals surface area contributed by atoms with Crippen LogP contribution >= 0.6 is 0 Å². The number of ether oxygens (including phenoxy) is 2. The van der Waals surface area contributed by atoms with Crippen molar-refractivity contribution in [2.45, 2.75) is 18.9 Å². The Morgan fingerprint density at radius 1 is 1.29 bits per heavy atom. The average molecular weight is 387 g/mol. The molecular weight excluding hydrogens is 369 g/mol. The molecule has 9 nitrogen and oxygen atoms in total. The van der Waals surface area contributed by atoms with Crippen molar-refractivity contribution in [1.29, 1.82) is 0 Å². The Kier molecular flexibility index (Phi) is 4.68. The molecule has 0 unspecified atom stereocenters. The highest BCUT2D eigenvalue weighted by atomic mass is 19.1. The average Bonchev–Trinajstić information content (AvgIpc) is 3.13. The standard InChI is InChI=1S/C18H18FN5O4/c1-27-12-2-3-15(14(19)8-12)24-16-13(9-22-24)17(21-10-20-16)28-11-4-6-23(7-5-11)18(25)26/h2-3,8-11H,4-7H2,1H3,(H,25,26). The molecule has 1 aromatic carbocycles. The first-order valence-electron chi connectivity index (χ1n) is 8.74. The van der Waals surface area contributed by atoms with Crippen LogP contribution in [0.5, 0.6) is 11.6 Å². The summed E-state index contributed by atoms with van der Waals surface area (Å²) in [4.78, 5) is 20.8. The molecule has 1 saturated heterocycles. The first kappa shape index (κ1) is 18.0. The minimum absolute atomic E-state index is 0.158. The second-order valence-electron chi connectivity index (χ2n) is 6.38. The normalized spacial score (nSPS) is 15.0. The van der Waals surface area contributed by atoms with Crippen LogP contribution in [0, 0.1) is 5.82 Å². The molecule has 1 aliphatic rings. The third-order valence-corrected chi connectivity index (χ3v) is 4.70. The number of amides is 1. The van der Waals surface area contributed by atoms with E-state index in [0.717, 1.165) is 0 Å². The van der Waals surface area contributed by atoms with Crippen LogP contribution in [-0.4, -0.2) is 62.2 Å². The smallest absolute Gasteiger partial charge is 0.407 e. The Hall–Kier alpha value is -3.43. The SMILES string of the molecule is COc1ccc(-n2ncc3c(OC4CCN(C(=O)O)CC4)ncnc32)c(F)c1. The largest absolute Gasteiger partial charge is 0.497 e. The third-order valence-electron chi connectivity index (χ3n) is 4.70. The summed E-state index contributed by atoms with van der Waals surface area (Å²) in [6, 6.07) is 4.48. The van der Waals surface area contributed by atoms with Gasteiger partial charge < -0.3 is 19.5 Å². The van der Waals surface area contributed by atoms with Crippen molar-refractivity contribution in [3.8, 4) is 17.3 Å². The summed E-state index contributed by atoms with van der Waals surface area (Å²) in [7, 11) is 1.47. The van der Waals surface area contributed by atoms with Gasteiger partial charge in [-0.3, -0.25) is 0 Å². The number of hydrogen-bond acceptors (Lipinski definition) is 6. The van der Waals surface area contributed by atoms with Gasteiger partial charge in [-0.05, 0) is 12.1 Å². The lowest BCUT2D eigenvalue weighted by Crippen LogP contribution is -2.41. The predicted molar refractivity (Wildman–Crippen MR) is 96.4 cm³/mol. The summed E-state index contributed by atoms with van der Waals surface area (Å²) in [5.74, 6) is 0.259. The molecule has 0 bridgehead atoms. The predicted octanol–water partition coefficient (Wildman–Crippen LogP) is 2.48. The maximum Gasteiger partial charge on any atom is 0.407 e. The molecule has 0 aliphatic carbocycles. The number of hydrogen-bond donors (Lipinski definition) is 1. The number of nitrogens with zero attached hydrogens (tertiary/aromatic N) is 5. The van der Waals surface area contributed by atoms with E-state index in [1.807, 2.05) is 0 Å². The molecule has 28 heavy (non-hydrogen) atoms. The van der Waals surface area contributed by atoms with Gasteiger partial charge in [-0.15, -0.1) is 0 Å². The molecule has 0 spiro atoms. The van der Waals surface area contributed by atoms with Crippen LogP contribution in [0.1, 0.15) is 12.8 Å². The van der Waals surface area contributed by atoms with Gasteiger partial charge >= 0.3 is 6.09 Å². The molecule has 1 fully saturated rings. The van der Waals surface area contributed by atoms with E-state index < -0.39 is 11.9 Å². The second-order valence-corrected chi connectivity index (χ2v) is 6.38. The van der Waals surface area contributed by atoms with Crippen molar-refractivity contribution < 1.29 is 23.8 Å². The number of halogens is 1. The molecule has 1 N–H and O–H groups in total. The fraction of sp³-hybridized carbons (Fsp3) is 0.333. The van der Waals surface area contributed by atoms with Crippen molar-refractivity contribution in [2.75, 3.05) is 20.2 Å². The summed E-state index contributed by atoms with van der Waals surface area (Å²) in [6.45, 7) is 0.815. The fourth-order valence-electron chi connectivity index (χ4n) is 3.20. The van der Waals surface area contributed by atoms with E-state index in [4.69, 9.17) is 14.6 Å². The number of aromatic nitrogens is 4. The molecule has 0 saturated carbocycles. The van der Waals surface area contributed by atoms with Crippen LogP contribution in [0.4, 0.5) is 9.18 Å². The number of fused-ring (bicyclic) bond motifs is 1. The van der Waals surface area contributed by atoms with Crippen LogP contribution in [0.25, 0.3) is 16.7 Å². The first-order valence-corrected chi connectivity index (χ1v) is 8.74.